The minimum Gasteiger partial charge on any atom is -0.383 e. The van der Waals surface area contributed by atoms with E-state index in [2.05, 4.69) is 6.92 Å². The molecule has 0 aliphatic heterocycles. The van der Waals surface area contributed by atoms with Crippen LogP contribution < -0.4 is 5.73 Å². The number of benzene rings is 1. The molecule has 0 bridgehead atoms. The highest BCUT2D eigenvalue weighted by Crippen LogP contribution is 2.18. The van der Waals surface area contributed by atoms with Crippen LogP contribution in [0.5, 0.6) is 0 Å². The first-order chi connectivity index (χ1) is 7.09. The SMILES string of the molecule is CCC(N)(COC)Cc1cccc(Cl)c1. The molecule has 0 saturated carbocycles. The molecule has 0 spiro atoms. The smallest absolute Gasteiger partial charge is 0.0645 e. The average Bonchev–Trinajstić information content (AvgIpc) is 2.18. The van der Waals surface area contributed by atoms with E-state index in [1.54, 1.807) is 7.11 Å². The molecule has 0 saturated heterocycles. The van der Waals surface area contributed by atoms with Gasteiger partial charge in [0.15, 0.2) is 0 Å². The van der Waals surface area contributed by atoms with E-state index < -0.39 is 0 Å². The monoisotopic (exact) mass is 227 g/mol. The first kappa shape index (κ1) is 12.5. The second-order valence-electron chi connectivity index (χ2n) is 3.96. The number of hydrogen-bond donors (Lipinski definition) is 1. The molecule has 2 N–H and O–H groups in total. The van der Waals surface area contributed by atoms with Crippen LogP contribution in [-0.4, -0.2) is 19.3 Å². The Bertz CT molecular complexity index is 316. The van der Waals surface area contributed by atoms with Crippen LogP contribution in [0.4, 0.5) is 0 Å². The summed E-state index contributed by atoms with van der Waals surface area (Å²) in [4.78, 5) is 0. The molecule has 1 rings (SSSR count). The molecule has 15 heavy (non-hydrogen) atoms. The summed E-state index contributed by atoms with van der Waals surface area (Å²) < 4.78 is 5.14. The third-order valence-electron chi connectivity index (χ3n) is 2.58. The van der Waals surface area contributed by atoms with Gasteiger partial charge in [0.25, 0.3) is 0 Å². The first-order valence-electron chi connectivity index (χ1n) is 5.12. The predicted molar refractivity (Wildman–Crippen MR) is 64.2 cm³/mol. The van der Waals surface area contributed by atoms with Gasteiger partial charge in [0.05, 0.1) is 6.61 Å². The van der Waals surface area contributed by atoms with Crippen molar-refractivity contribution in [2.45, 2.75) is 25.3 Å². The topological polar surface area (TPSA) is 35.2 Å². The normalized spacial score (nSPS) is 14.9. The molecule has 0 aliphatic rings. The zero-order valence-electron chi connectivity index (χ0n) is 9.29. The average molecular weight is 228 g/mol. The van der Waals surface area contributed by atoms with Gasteiger partial charge in [-0.1, -0.05) is 30.7 Å². The Morgan fingerprint density at radius 2 is 2.20 bits per heavy atom. The van der Waals surface area contributed by atoms with Crippen molar-refractivity contribution in [1.29, 1.82) is 0 Å². The Balaban J connectivity index is 2.74. The highest BCUT2D eigenvalue weighted by molar-refractivity contribution is 6.30. The maximum Gasteiger partial charge on any atom is 0.0645 e. The fraction of sp³-hybridized carbons (Fsp3) is 0.500. The van der Waals surface area contributed by atoms with Crippen LogP contribution in [0, 0.1) is 0 Å². The van der Waals surface area contributed by atoms with E-state index in [0.717, 1.165) is 23.4 Å². The summed E-state index contributed by atoms with van der Waals surface area (Å²) in [5.74, 6) is 0. The maximum absolute atomic E-state index is 6.22. The van der Waals surface area contributed by atoms with E-state index in [1.165, 1.54) is 0 Å². The van der Waals surface area contributed by atoms with Crippen molar-refractivity contribution in [2.24, 2.45) is 5.73 Å². The summed E-state index contributed by atoms with van der Waals surface area (Å²) in [6, 6.07) is 7.80. The Labute approximate surface area is 96.4 Å². The fourth-order valence-electron chi connectivity index (χ4n) is 1.62. The lowest BCUT2D eigenvalue weighted by molar-refractivity contribution is 0.129. The Hall–Kier alpha value is -0.570. The molecule has 0 fully saturated rings. The van der Waals surface area contributed by atoms with Gasteiger partial charge < -0.3 is 10.5 Å². The van der Waals surface area contributed by atoms with Crippen LogP contribution >= 0.6 is 11.6 Å². The lowest BCUT2D eigenvalue weighted by Gasteiger charge is -2.27. The van der Waals surface area contributed by atoms with Gasteiger partial charge in [-0.15, -0.1) is 0 Å². The Kier molecular flexibility index (Phi) is 4.58. The van der Waals surface area contributed by atoms with Crippen molar-refractivity contribution in [2.75, 3.05) is 13.7 Å². The zero-order valence-corrected chi connectivity index (χ0v) is 10.1. The summed E-state index contributed by atoms with van der Waals surface area (Å²) in [5.41, 5.74) is 7.09. The van der Waals surface area contributed by atoms with Gasteiger partial charge in [-0.05, 0) is 30.5 Å². The van der Waals surface area contributed by atoms with Crippen LogP contribution in [0.3, 0.4) is 0 Å². The molecule has 1 atom stereocenters. The summed E-state index contributed by atoms with van der Waals surface area (Å²) in [7, 11) is 1.68. The predicted octanol–water partition coefficient (Wildman–Crippen LogP) is 2.64. The van der Waals surface area contributed by atoms with Crippen molar-refractivity contribution >= 4 is 11.6 Å². The van der Waals surface area contributed by atoms with Crippen LogP contribution in [0.2, 0.25) is 5.02 Å². The lowest BCUT2D eigenvalue weighted by atomic mass is 9.90. The van der Waals surface area contributed by atoms with Gasteiger partial charge >= 0.3 is 0 Å². The molecule has 0 heterocycles. The van der Waals surface area contributed by atoms with Crippen molar-refractivity contribution in [3.05, 3.63) is 34.9 Å². The second kappa shape index (κ2) is 5.50. The van der Waals surface area contributed by atoms with Gasteiger partial charge in [-0.25, -0.2) is 0 Å². The molecule has 1 aromatic rings. The number of nitrogens with two attached hydrogens (primary N) is 1. The molecular weight excluding hydrogens is 210 g/mol. The highest BCUT2D eigenvalue weighted by atomic mass is 35.5. The first-order valence-corrected chi connectivity index (χ1v) is 5.50. The van der Waals surface area contributed by atoms with Gasteiger partial charge in [-0.2, -0.15) is 0 Å². The number of rotatable bonds is 5. The van der Waals surface area contributed by atoms with E-state index in [0.29, 0.717) is 6.61 Å². The number of halogens is 1. The third-order valence-corrected chi connectivity index (χ3v) is 2.82. The third kappa shape index (κ3) is 3.82. The van der Waals surface area contributed by atoms with E-state index in [1.807, 2.05) is 24.3 Å². The quantitative estimate of drug-likeness (QED) is 0.840. The molecule has 0 radical (unpaired) electrons. The lowest BCUT2D eigenvalue weighted by Crippen LogP contribution is -2.45. The van der Waals surface area contributed by atoms with Gasteiger partial charge in [0.2, 0.25) is 0 Å². The second-order valence-corrected chi connectivity index (χ2v) is 4.39. The summed E-state index contributed by atoms with van der Waals surface area (Å²) in [6.07, 6.45) is 1.67. The molecule has 1 aromatic carbocycles. The fourth-order valence-corrected chi connectivity index (χ4v) is 1.83. The van der Waals surface area contributed by atoms with Crippen LogP contribution in [0.15, 0.2) is 24.3 Å². The maximum atomic E-state index is 6.22. The molecule has 0 aromatic heterocycles. The summed E-state index contributed by atoms with van der Waals surface area (Å²) >= 11 is 5.92. The van der Waals surface area contributed by atoms with E-state index >= 15 is 0 Å². The number of ether oxygens (including phenoxy) is 1. The molecule has 84 valence electrons. The molecule has 1 unspecified atom stereocenters. The minimum atomic E-state index is -0.292. The largest absolute Gasteiger partial charge is 0.383 e. The molecule has 2 nitrogen and oxygen atoms in total. The van der Waals surface area contributed by atoms with Crippen molar-refractivity contribution in [3.8, 4) is 0 Å². The van der Waals surface area contributed by atoms with Gasteiger partial charge in [-0.3, -0.25) is 0 Å². The Morgan fingerprint density at radius 3 is 2.73 bits per heavy atom. The number of hydrogen-bond acceptors (Lipinski definition) is 2. The molecule has 0 aliphatic carbocycles. The number of methoxy groups -OCH3 is 1. The van der Waals surface area contributed by atoms with Crippen molar-refractivity contribution in [3.63, 3.8) is 0 Å². The van der Waals surface area contributed by atoms with E-state index in [-0.39, 0.29) is 5.54 Å². The highest BCUT2D eigenvalue weighted by Gasteiger charge is 2.22. The summed E-state index contributed by atoms with van der Waals surface area (Å²) in [5, 5.41) is 0.753. The standard InChI is InChI=1S/C12H18ClNO/c1-3-12(14,9-15-2)8-10-5-4-6-11(13)7-10/h4-7H,3,8-9,14H2,1-2H3. The van der Waals surface area contributed by atoms with Gasteiger partial charge in [0, 0.05) is 17.7 Å². The van der Waals surface area contributed by atoms with Crippen LogP contribution in [0.1, 0.15) is 18.9 Å². The zero-order chi connectivity index (χ0) is 11.3. The molecule has 0 amide bonds. The molecule has 3 heteroatoms. The van der Waals surface area contributed by atoms with Crippen LogP contribution in [-0.2, 0) is 11.2 Å². The van der Waals surface area contributed by atoms with Gasteiger partial charge in [0.1, 0.15) is 0 Å². The van der Waals surface area contributed by atoms with Crippen molar-refractivity contribution in [1.82, 2.24) is 0 Å². The summed E-state index contributed by atoms with van der Waals surface area (Å²) in [6.45, 7) is 2.64. The van der Waals surface area contributed by atoms with E-state index in [9.17, 15) is 0 Å². The minimum absolute atomic E-state index is 0.292. The van der Waals surface area contributed by atoms with Crippen molar-refractivity contribution < 1.29 is 4.74 Å². The Morgan fingerprint density at radius 1 is 1.47 bits per heavy atom. The van der Waals surface area contributed by atoms with Crippen LogP contribution in [0.25, 0.3) is 0 Å². The van der Waals surface area contributed by atoms with E-state index in [4.69, 9.17) is 22.1 Å². The molecular formula is C12H18ClNO.